The number of hydrogen-bond acceptors (Lipinski definition) is 2. The lowest BCUT2D eigenvalue weighted by atomic mass is 10.2. The normalized spacial score (nSPS) is 12.3. The summed E-state index contributed by atoms with van der Waals surface area (Å²) in [5, 5.41) is 2.81. The Kier molecular flexibility index (Phi) is 6.56. The minimum Gasteiger partial charge on any atom is -0.435 e. The van der Waals surface area contributed by atoms with Gasteiger partial charge >= 0.3 is 6.61 Å². The first kappa shape index (κ1) is 15.7. The van der Waals surface area contributed by atoms with Crippen LogP contribution >= 0.6 is 11.6 Å². The molecule has 1 aromatic rings. The fraction of sp³-hybridized carbons (Fsp3) is 0.462. The number of carbonyl (C=O) groups excluding carboxylic acids is 1. The number of rotatable bonds is 7. The molecule has 0 aliphatic carbocycles. The maximum atomic E-state index is 11.9. The second kappa shape index (κ2) is 7.94. The molecule has 6 heteroatoms. The van der Waals surface area contributed by atoms with Gasteiger partial charge in [-0.3, -0.25) is 4.79 Å². The summed E-state index contributed by atoms with van der Waals surface area (Å²) in [5.41, 5.74) is 0.403. The zero-order valence-electron chi connectivity index (χ0n) is 10.5. The number of benzene rings is 1. The molecule has 0 saturated heterocycles. The van der Waals surface area contributed by atoms with Crippen molar-refractivity contribution in [1.82, 2.24) is 5.32 Å². The van der Waals surface area contributed by atoms with Crippen molar-refractivity contribution in [3.05, 3.63) is 29.8 Å². The van der Waals surface area contributed by atoms with Gasteiger partial charge in [0.25, 0.3) is 5.91 Å². The Morgan fingerprint density at radius 3 is 2.53 bits per heavy atom. The van der Waals surface area contributed by atoms with Crippen LogP contribution in [-0.4, -0.2) is 24.4 Å². The molecule has 0 fully saturated rings. The first-order valence-corrected chi connectivity index (χ1v) is 6.40. The lowest BCUT2D eigenvalue weighted by Crippen LogP contribution is -2.24. The van der Waals surface area contributed by atoms with Gasteiger partial charge in [-0.05, 0) is 44.0 Å². The quantitative estimate of drug-likeness (QED) is 0.617. The maximum Gasteiger partial charge on any atom is 0.387 e. The third-order valence-corrected chi connectivity index (χ3v) is 2.62. The lowest BCUT2D eigenvalue weighted by Gasteiger charge is -2.07. The van der Waals surface area contributed by atoms with Crippen LogP contribution < -0.4 is 10.1 Å². The fourth-order valence-corrected chi connectivity index (χ4v) is 1.63. The molecular weight excluding hydrogens is 276 g/mol. The minimum atomic E-state index is -2.86. The topological polar surface area (TPSA) is 38.3 Å². The van der Waals surface area contributed by atoms with E-state index in [9.17, 15) is 13.6 Å². The zero-order chi connectivity index (χ0) is 14.3. The Bertz CT molecular complexity index is 396. The molecule has 0 radical (unpaired) electrons. The van der Waals surface area contributed by atoms with Crippen molar-refractivity contribution in [2.75, 3.05) is 6.54 Å². The second-order valence-electron chi connectivity index (χ2n) is 4.08. The van der Waals surface area contributed by atoms with Crippen molar-refractivity contribution in [3.63, 3.8) is 0 Å². The van der Waals surface area contributed by atoms with Crippen molar-refractivity contribution in [2.24, 2.45) is 0 Å². The first-order chi connectivity index (χ1) is 8.99. The van der Waals surface area contributed by atoms with Crippen molar-refractivity contribution in [2.45, 2.75) is 31.8 Å². The number of alkyl halides is 3. The molecule has 0 bridgehead atoms. The number of hydrogen-bond donors (Lipinski definition) is 1. The molecule has 1 amide bonds. The van der Waals surface area contributed by atoms with Gasteiger partial charge in [-0.1, -0.05) is 0 Å². The van der Waals surface area contributed by atoms with Crippen LogP contribution in [0.4, 0.5) is 8.78 Å². The molecule has 1 rings (SSSR count). The summed E-state index contributed by atoms with van der Waals surface area (Å²) in [6.07, 6.45) is 1.62. The van der Waals surface area contributed by atoms with Crippen LogP contribution in [0.25, 0.3) is 0 Å². The van der Waals surface area contributed by atoms with Gasteiger partial charge in [-0.15, -0.1) is 11.6 Å². The van der Waals surface area contributed by atoms with E-state index in [0.29, 0.717) is 12.1 Å². The summed E-state index contributed by atoms with van der Waals surface area (Å²) in [6.45, 7) is -0.437. The fourth-order valence-electron chi connectivity index (χ4n) is 1.48. The summed E-state index contributed by atoms with van der Waals surface area (Å²) in [7, 11) is 0. The average molecular weight is 292 g/mol. The Morgan fingerprint density at radius 1 is 1.37 bits per heavy atom. The molecular formula is C13H16ClF2NO2. The zero-order valence-corrected chi connectivity index (χ0v) is 11.3. The van der Waals surface area contributed by atoms with Gasteiger partial charge in [-0.25, -0.2) is 0 Å². The summed E-state index contributed by atoms with van der Waals surface area (Å²) in [5.74, 6) is -0.215. The molecule has 3 nitrogen and oxygen atoms in total. The van der Waals surface area contributed by atoms with Crippen molar-refractivity contribution < 1.29 is 18.3 Å². The molecule has 0 aliphatic rings. The van der Waals surface area contributed by atoms with Gasteiger partial charge in [0.2, 0.25) is 0 Å². The third kappa shape index (κ3) is 6.38. The predicted octanol–water partition coefficient (Wildman–Crippen LogP) is 3.43. The van der Waals surface area contributed by atoms with Crippen molar-refractivity contribution >= 4 is 17.5 Å². The van der Waals surface area contributed by atoms with E-state index in [1.165, 1.54) is 24.3 Å². The van der Waals surface area contributed by atoms with Gasteiger partial charge in [0.05, 0.1) is 0 Å². The highest BCUT2D eigenvalue weighted by atomic mass is 35.5. The second-order valence-corrected chi connectivity index (χ2v) is 4.83. The summed E-state index contributed by atoms with van der Waals surface area (Å²) < 4.78 is 28.1. The largest absolute Gasteiger partial charge is 0.435 e. The summed E-state index contributed by atoms with van der Waals surface area (Å²) in [6, 6.07) is 5.55. The van der Waals surface area contributed by atoms with E-state index in [2.05, 4.69) is 10.1 Å². The lowest BCUT2D eigenvalue weighted by molar-refractivity contribution is -0.0498. The predicted molar refractivity (Wildman–Crippen MR) is 70.0 cm³/mol. The van der Waals surface area contributed by atoms with Crippen LogP contribution in [-0.2, 0) is 0 Å². The Hall–Kier alpha value is -1.36. The monoisotopic (exact) mass is 291 g/mol. The first-order valence-electron chi connectivity index (χ1n) is 5.96. The van der Waals surface area contributed by atoms with Crippen molar-refractivity contribution in [3.8, 4) is 5.75 Å². The Morgan fingerprint density at radius 2 is 2.00 bits per heavy atom. The Balaban J connectivity index is 2.40. The van der Waals surface area contributed by atoms with Crippen LogP contribution in [0.15, 0.2) is 24.3 Å². The van der Waals surface area contributed by atoms with E-state index in [0.717, 1.165) is 12.8 Å². The van der Waals surface area contributed by atoms with Gasteiger partial charge in [0.15, 0.2) is 0 Å². The van der Waals surface area contributed by atoms with Crippen LogP contribution in [0.3, 0.4) is 0 Å². The number of nitrogens with one attached hydrogen (secondary N) is 1. The molecule has 0 spiro atoms. The molecule has 0 heterocycles. The molecule has 1 unspecified atom stereocenters. The highest BCUT2D eigenvalue weighted by Crippen LogP contribution is 2.14. The molecule has 1 aromatic carbocycles. The van der Waals surface area contributed by atoms with Gasteiger partial charge in [-0.2, -0.15) is 8.78 Å². The highest BCUT2D eigenvalue weighted by Gasteiger charge is 2.07. The van der Waals surface area contributed by atoms with Crippen LogP contribution in [0.2, 0.25) is 0 Å². The summed E-state index contributed by atoms with van der Waals surface area (Å²) >= 11 is 5.78. The van der Waals surface area contributed by atoms with Gasteiger partial charge in [0, 0.05) is 17.5 Å². The van der Waals surface area contributed by atoms with Crippen LogP contribution in [0, 0.1) is 0 Å². The minimum absolute atomic E-state index is 0.0301. The standard InChI is InChI=1S/C13H16ClF2NO2/c1-9(14)3-2-8-17-12(18)10-4-6-11(7-5-10)19-13(15)16/h4-7,9,13H,2-3,8H2,1H3,(H,17,18). The number of carbonyl (C=O) groups is 1. The van der Waals surface area contributed by atoms with E-state index >= 15 is 0 Å². The van der Waals surface area contributed by atoms with E-state index < -0.39 is 6.61 Å². The number of amides is 1. The molecule has 0 aromatic heterocycles. The number of halogens is 3. The highest BCUT2D eigenvalue weighted by molar-refractivity contribution is 6.20. The summed E-state index contributed by atoms with van der Waals surface area (Å²) in [4.78, 5) is 11.7. The molecule has 1 atom stereocenters. The maximum absolute atomic E-state index is 11.9. The van der Waals surface area contributed by atoms with E-state index in [1.54, 1.807) is 0 Å². The van der Waals surface area contributed by atoms with E-state index in [-0.39, 0.29) is 17.0 Å². The molecule has 1 N–H and O–H groups in total. The smallest absolute Gasteiger partial charge is 0.387 e. The molecule has 106 valence electrons. The van der Waals surface area contributed by atoms with E-state index in [1.807, 2.05) is 6.92 Å². The van der Waals surface area contributed by atoms with E-state index in [4.69, 9.17) is 11.6 Å². The Labute approximate surface area is 115 Å². The van der Waals surface area contributed by atoms with Gasteiger partial charge < -0.3 is 10.1 Å². The third-order valence-electron chi connectivity index (χ3n) is 2.41. The number of ether oxygens (including phenoxy) is 1. The molecule has 0 saturated carbocycles. The van der Waals surface area contributed by atoms with Crippen LogP contribution in [0.1, 0.15) is 30.1 Å². The average Bonchev–Trinajstić information content (AvgIpc) is 2.34. The molecule has 19 heavy (non-hydrogen) atoms. The SMILES string of the molecule is CC(Cl)CCCNC(=O)c1ccc(OC(F)F)cc1. The molecule has 0 aliphatic heterocycles. The van der Waals surface area contributed by atoms with Crippen LogP contribution in [0.5, 0.6) is 5.75 Å². The van der Waals surface area contributed by atoms with Crippen molar-refractivity contribution in [1.29, 1.82) is 0 Å². The van der Waals surface area contributed by atoms with Gasteiger partial charge in [0.1, 0.15) is 5.75 Å².